The van der Waals surface area contributed by atoms with Crippen LogP contribution >= 0.6 is 11.8 Å². The molecule has 1 unspecified atom stereocenters. The second kappa shape index (κ2) is 7.91. The Bertz CT molecular complexity index is 486. The molecule has 2 aromatic rings. The van der Waals surface area contributed by atoms with Gasteiger partial charge in [0, 0.05) is 11.8 Å². The normalized spacial score (nSPS) is 12.3. The largest absolute Gasteiger partial charge is 0.494 e. The fourth-order valence-electron chi connectivity index (χ4n) is 1.79. The Balaban J connectivity index is 1.92. The van der Waals surface area contributed by atoms with E-state index in [1.54, 1.807) is 11.8 Å². The standard InChI is InChI=1S/C14H20N4OS/c1-3-8-19-12-6-4-11(5-7-12)13(15-2)9-20-14-16-10-17-18-14/h4-7,10,13,15H,3,8-9H2,1-2H3,(H,16,17,18). The Kier molecular flexibility index (Phi) is 5.88. The Hall–Kier alpha value is -1.53. The molecule has 5 nitrogen and oxygen atoms in total. The zero-order valence-corrected chi connectivity index (χ0v) is 12.6. The summed E-state index contributed by atoms with van der Waals surface area (Å²) >= 11 is 1.65. The number of H-pyrrole nitrogens is 1. The average Bonchev–Trinajstić information content (AvgIpc) is 3.00. The maximum Gasteiger partial charge on any atom is 0.183 e. The number of benzene rings is 1. The maximum atomic E-state index is 5.59. The summed E-state index contributed by atoms with van der Waals surface area (Å²) in [5.41, 5.74) is 1.24. The molecule has 0 bridgehead atoms. The monoisotopic (exact) mass is 292 g/mol. The molecule has 2 rings (SSSR count). The third-order valence-corrected chi connectivity index (χ3v) is 3.85. The molecule has 0 saturated carbocycles. The molecule has 6 heteroatoms. The number of aromatic nitrogens is 3. The second-order valence-electron chi connectivity index (χ2n) is 4.36. The van der Waals surface area contributed by atoms with Crippen molar-refractivity contribution in [3.05, 3.63) is 36.2 Å². The molecule has 20 heavy (non-hydrogen) atoms. The number of hydrogen-bond acceptors (Lipinski definition) is 5. The number of nitrogens with zero attached hydrogens (tertiary/aromatic N) is 2. The highest BCUT2D eigenvalue weighted by Gasteiger charge is 2.10. The fraction of sp³-hybridized carbons (Fsp3) is 0.429. The van der Waals surface area contributed by atoms with Crippen molar-refractivity contribution in [1.29, 1.82) is 0 Å². The van der Waals surface area contributed by atoms with Gasteiger partial charge in [-0.05, 0) is 31.2 Å². The van der Waals surface area contributed by atoms with Crippen LogP contribution in [0.5, 0.6) is 5.75 Å². The Labute approximate surface area is 123 Å². The lowest BCUT2D eigenvalue weighted by Gasteiger charge is -2.16. The van der Waals surface area contributed by atoms with Gasteiger partial charge in [0.2, 0.25) is 0 Å². The van der Waals surface area contributed by atoms with Gasteiger partial charge in [0.25, 0.3) is 0 Å². The molecule has 0 amide bonds. The molecule has 1 heterocycles. The number of hydrogen-bond donors (Lipinski definition) is 2. The lowest BCUT2D eigenvalue weighted by Crippen LogP contribution is -2.18. The van der Waals surface area contributed by atoms with Gasteiger partial charge in [-0.2, -0.15) is 5.10 Å². The highest BCUT2D eigenvalue weighted by atomic mass is 32.2. The minimum Gasteiger partial charge on any atom is -0.494 e. The summed E-state index contributed by atoms with van der Waals surface area (Å²) in [5, 5.41) is 10.9. The molecule has 1 atom stereocenters. The molecule has 0 saturated heterocycles. The third-order valence-electron chi connectivity index (χ3n) is 2.88. The van der Waals surface area contributed by atoms with Gasteiger partial charge in [0.1, 0.15) is 12.1 Å². The van der Waals surface area contributed by atoms with Gasteiger partial charge in [0.05, 0.1) is 6.61 Å². The molecule has 0 radical (unpaired) electrons. The van der Waals surface area contributed by atoms with E-state index in [9.17, 15) is 0 Å². The van der Waals surface area contributed by atoms with Crippen molar-refractivity contribution < 1.29 is 4.74 Å². The lowest BCUT2D eigenvalue weighted by molar-refractivity contribution is 0.317. The molecule has 1 aromatic heterocycles. The van der Waals surface area contributed by atoms with Crippen LogP contribution in [0.4, 0.5) is 0 Å². The van der Waals surface area contributed by atoms with Crippen molar-refractivity contribution in [1.82, 2.24) is 20.5 Å². The van der Waals surface area contributed by atoms with E-state index in [-0.39, 0.29) is 6.04 Å². The van der Waals surface area contributed by atoms with Gasteiger partial charge in [0.15, 0.2) is 5.16 Å². The summed E-state index contributed by atoms with van der Waals surface area (Å²) in [6, 6.07) is 8.52. The van der Waals surface area contributed by atoms with Crippen molar-refractivity contribution in [3.63, 3.8) is 0 Å². The maximum absolute atomic E-state index is 5.59. The number of thioether (sulfide) groups is 1. The quantitative estimate of drug-likeness (QED) is 0.732. The molecule has 0 aliphatic carbocycles. The van der Waals surface area contributed by atoms with Crippen molar-refractivity contribution in [2.45, 2.75) is 24.5 Å². The highest BCUT2D eigenvalue weighted by Crippen LogP contribution is 2.23. The van der Waals surface area contributed by atoms with E-state index < -0.39 is 0 Å². The highest BCUT2D eigenvalue weighted by molar-refractivity contribution is 7.99. The molecule has 2 N–H and O–H groups in total. The SMILES string of the molecule is CCCOc1ccc(C(CSc2ncn[nH]2)NC)cc1. The van der Waals surface area contributed by atoms with Crippen LogP contribution in [0.25, 0.3) is 0 Å². The minimum absolute atomic E-state index is 0.269. The Morgan fingerprint density at radius 3 is 2.75 bits per heavy atom. The first-order chi connectivity index (χ1) is 9.83. The van der Waals surface area contributed by atoms with Gasteiger partial charge >= 0.3 is 0 Å². The Morgan fingerprint density at radius 2 is 2.15 bits per heavy atom. The molecular weight excluding hydrogens is 272 g/mol. The molecule has 0 aliphatic rings. The predicted octanol–water partition coefficient (Wildman–Crippen LogP) is 2.65. The molecule has 108 valence electrons. The third kappa shape index (κ3) is 4.25. The van der Waals surface area contributed by atoms with Crippen LogP contribution in [0.3, 0.4) is 0 Å². The molecule has 0 fully saturated rings. The fourth-order valence-corrected chi connectivity index (χ4v) is 2.71. The summed E-state index contributed by atoms with van der Waals surface area (Å²) in [5.74, 6) is 1.81. The van der Waals surface area contributed by atoms with E-state index in [1.807, 2.05) is 19.2 Å². The van der Waals surface area contributed by atoms with E-state index in [1.165, 1.54) is 11.9 Å². The van der Waals surface area contributed by atoms with Crippen LogP contribution < -0.4 is 10.1 Å². The van der Waals surface area contributed by atoms with Crippen molar-refractivity contribution in [3.8, 4) is 5.75 Å². The first-order valence-electron chi connectivity index (χ1n) is 6.71. The van der Waals surface area contributed by atoms with Crippen LogP contribution in [0, 0.1) is 0 Å². The van der Waals surface area contributed by atoms with Crippen LogP contribution in [-0.2, 0) is 0 Å². The van der Waals surface area contributed by atoms with Crippen LogP contribution in [0.1, 0.15) is 24.9 Å². The number of rotatable bonds is 8. The number of aromatic amines is 1. The van der Waals surface area contributed by atoms with Crippen molar-refractivity contribution in [2.75, 3.05) is 19.4 Å². The van der Waals surface area contributed by atoms with Gasteiger partial charge in [-0.25, -0.2) is 4.98 Å². The smallest absolute Gasteiger partial charge is 0.183 e. The van der Waals surface area contributed by atoms with E-state index in [2.05, 4.69) is 39.6 Å². The molecule has 0 aliphatic heterocycles. The second-order valence-corrected chi connectivity index (χ2v) is 5.37. The lowest BCUT2D eigenvalue weighted by atomic mass is 10.1. The van der Waals surface area contributed by atoms with Gasteiger partial charge in [-0.1, -0.05) is 30.8 Å². The van der Waals surface area contributed by atoms with Gasteiger partial charge in [-0.15, -0.1) is 0 Å². The minimum atomic E-state index is 0.269. The van der Waals surface area contributed by atoms with Crippen LogP contribution in [-0.4, -0.2) is 34.6 Å². The predicted molar refractivity (Wildman–Crippen MR) is 81.1 cm³/mol. The van der Waals surface area contributed by atoms with E-state index in [4.69, 9.17) is 4.74 Å². The zero-order chi connectivity index (χ0) is 14.2. The van der Waals surface area contributed by atoms with Gasteiger partial charge < -0.3 is 10.1 Å². The first kappa shape index (κ1) is 14.9. The number of nitrogens with one attached hydrogen (secondary N) is 2. The summed E-state index contributed by atoms with van der Waals surface area (Å²) in [4.78, 5) is 4.11. The zero-order valence-electron chi connectivity index (χ0n) is 11.8. The topological polar surface area (TPSA) is 62.8 Å². The Morgan fingerprint density at radius 1 is 1.35 bits per heavy atom. The van der Waals surface area contributed by atoms with E-state index >= 15 is 0 Å². The van der Waals surface area contributed by atoms with Crippen LogP contribution in [0.2, 0.25) is 0 Å². The van der Waals surface area contributed by atoms with E-state index in [0.717, 1.165) is 29.7 Å². The van der Waals surface area contributed by atoms with Crippen molar-refractivity contribution in [2.24, 2.45) is 0 Å². The number of ether oxygens (including phenoxy) is 1. The molecular formula is C14H20N4OS. The van der Waals surface area contributed by atoms with Crippen molar-refractivity contribution >= 4 is 11.8 Å². The van der Waals surface area contributed by atoms with Crippen LogP contribution in [0.15, 0.2) is 35.7 Å². The summed E-state index contributed by atoms with van der Waals surface area (Å²) in [7, 11) is 1.97. The van der Waals surface area contributed by atoms with Gasteiger partial charge in [-0.3, -0.25) is 5.10 Å². The van der Waals surface area contributed by atoms with E-state index in [0.29, 0.717) is 0 Å². The molecule has 1 aromatic carbocycles. The summed E-state index contributed by atoms with van der Waals surface area (Å²) in [6.45, 7) is 2.86. The summed E-state index contributed by atoms with van der Waals surface area (Å²) < 4.78 is 5.59. The first-order valence-corrected chi connectivity index (χ1v) is 7.70. The average molecular weight is 292 g/mol. The summed E-state index contributed by atoms with van der Waals surface area (Å²) in [6.07, 6.45) is 2.55. The molecule has 0 spiro atoms.